The highest BCUT2D eigenvalue weighted by Crippen LogP contribution is 2.47. The first-order chi connectivity index (χ1) is 7.77. The van der Waals surface area contributed by atoms with E-state index in [0.29, 0.717) is 12.5 Å². The van der Waals surface area contributed by atoms with E-state index in [-0.39, 0.29) is 11.1 Å². The standard InChI is InChI=1S/C13H16F3N/c1-8(2)12(3)7-17-11-9(12)5-4-6-10(11)13(14,15)16/h4-6,8,17H,7H2,1-3H3. The highest BCUT2D eigenvalue weighted by molar-refractivity contribution is 5.66. The Balaban J connectivity index is 2.58. The fourth-order valence-electron chi connectivity index (χ4n) is 2.34. The van der Waals surface area contributed by atoms with Crippen molar-refractivity contribution in [3.63, 3.8) is 0 Å². The van der Waals surface area contributed by atoms with Gasteiger partial charge in [0.05, 0.1) is 11.3 Å². The minimum atomic E-state index is -4.29. The van der Waals surface area contributed by atoms with Gasteiger partial charge in [-0.3, -0.25) is 0 Å². The molecular weight excluding hydrogens is 227 g/mol. The van der Waals surface area contributed by atoms with Crippen LogP contribution in [0.2, 0.25) is 0 Å². The molecule has 4 heteroatoms. The topological polar surface area (TPSA) is 12.0 Å². The average Bonchev–Trinajstić information content (AvgIpc) is 2.57. The fourth-order valence-corrected chi connectivity index (χ4v) is 2.34. The number of benzene rings is 1. The summed E-state index contributed by atoms with van der Waals surface area (Å²) in [7, 11) is 0. The number of hydrogen-bond donors (Lipinski definition) is 1. The zero-order chi connectivity index (χ0) is 12.8. The van der Waals surface area contributed by atoms with Crippen molar-refractivity contribution in [2.75, 3.05) is 11.9 Å². The van der Waals surface area contributed by atoms with Crippen LogP contribution in [-0.2, 0) is 11.6 Å². The van der Waals surface area contributed by atoms with Gasteiger partial charge in [-0.15, -0.1) is 0 Å². The highest BCUT2D eigenvalue weighted by Gasteiger charge is 2.42. The second-order valence-corrected chi connectivity index (χ2v) is 5.15. The van der Waals surface area contributed by atoms with Crippen LogP contribution in [0.15, 0.2) is 18.2 Å². The van der Waals surface area contributed by atoms with E-state index in [0.717, 1.165) is 11.6 Å². The van der Waals surface area contributed by atoms with Crippen molar-refractivity contribution in [1.29, 1.82) is 0 Å². The lowest BCUT2D eigenvalue weighted by molar-refractivity contribution is -0.136. The molecule has 1 aromatic rings. The van der Waals surface area contributed by atoms with Crippen molar-refractivity contribution in [1.82, 2.24) is 0 Å². The van der Waals surface area contributed by atoms with Crippen LogP contribution in [0.4, 0.5) is 18.9 Å². The molecule has 1 aliphatic rings. The Morgan fingerprint density at radius 3 is 2.47 bits per heavy atom. The molecule has 0 amide bonds. The van der Waals surface area contributed by atoms with E-state index < -0.39 is 11.7 Å². The number of halogens is 3. The summed E-state index contributed by atoms with van der Waals surface area (Å²) in [6, 6.07) is 4.43. The lowest BCUT2D eigenvalue weighted by atomic mass is 9.75. The van der Waals surface area contributed by atoms with E-state index in [1.807, 2.05) is 20.8 Å². The second-order valence-electron chi connectivity index (χ2n) is 5.15. The van der Waals surface area contributed by atoms with Gasteiger partial charge >= 0.3 is 6.18 Å². The zero-order valence-corrected chi connectivity index (χ0v) is 10.2. The van der Waals surface area contributed by atoms with Crippen LogP contribution in [0, 0.1) is 5.92 Å². The minimum absolute atomic E-state index is 0.226. The fraction of sp³-hybridized carbons (Fsp3) is 0.538. The molecule has 2 rings (SSSR count). The lowest BCUT2D eigenvalue weighted by Gasteiger charge is -2.29. The van der Waals surface area contributed by atoms with Gasteiger partial charge in [0.1, 0.15) is 0 Å². The molecule has 0 aliphatic carbocycles. The molecule has 1 unspecified atom stereocenters. The molecule has 94 valence electrons. The molecule has 1 atom stereocenters. The Morgan fingerprint density at radius 2 is 1.94 bits per heavy atom. The first kappa shape index (κ1) is 12.3. The third-order valence-electron chi connectivity index (χ3n) is 3.89. The number of fused-ring (bicyclic) bond motifs is 1. The maximum Gasteiger partial charge on any atom is 0.418 e. The van der Waals surface area contributed by atoms with E-state index in [1.54, 1.807) is 6.07 Å². The van der Waals surface area contributed by atoms with E-state index in [1.165, 1.54) is 6.07 Å². The minimum Gasteiger partial charge on any atom is -0.383 e. The van der Waals surface area contributed by atoms with Gasteiger partial charge in [-0.2, -0.15) is 13.2 Å². The van der Waals surface area contributed by atoms with E-state index in [4.69, 9.17) is 0 Å². The Morgan fingerprint density at radius 1 is 1.29 bits per heavy atom. The van der Waals surface area contributed by atoms with Gasteiger partial charge in [0.15, 0.2) is 0 Å². The summed E-state index contributed by atoms with van der Waals surface area (Å²) in [6.07, 6.45) is -4.29. The van der Waals surface area contributed by atoms with Gasteiger partial charge in [0.25, 0.3) is 0 Å². The molecule has 1 heterocycles. The summed E-state index contributed by atoms with van der Waals surface area (Å²) in [6.45, 7) is 6.65. The smallest absolute Gasteiger partial charge is 0.383 e. The Kier molecular flexibility index (Phi) is 2.64. The van der Waals surface area contributed by atoms with Crippen LogP contribution in [-0.4, -0.2) is 6.54 Å². The molecule has 0 aromatic heterocycles. The van der Waals surface area contributed by atoms with Gasteiger partial charge in [-0.1, -0.05) is 32.9 Å². The van der Waals surface area contributed by atoms with Crippen molar-refractivity contribution in [3.8, 4) is 0 Å². The van der Waals surface area contributed by atoms with Crippen LogP contribution in [0.3, 0.4) is 0 Å². The van der Waals surface area contributed by atoms with Crippen LogP contribution in [0.1, 0.15) is 31.9 Å². The first-order valence-electron chi connectivity index (χ1n) is 5.71. The van der Waals surface area contributed by atoms with Crippen molar-refractivity contribution in [3.05, 3.63) is 29.3 Å². The molecular formula is C13H16F3N. The number of hydrogen-bond acceptors (Lipinski definition) is 1. The molecule has 1 aromatic carbocycles. The monoisotopic (exact) mass is 243 g/mol. The van der Waals surface area contributed by atoms with Gasteiger partial charge in [0, 0.05) is 12.0 Å². The third-order valence-corrected chi connectivity index (χ3v) is 3.89. The predicted molar refractivity (Wildman–Crippen MR) is 62.1 cm³/mol. The maximum absolute atomic E-state index is 12.9. The zero-order valence-electron chi connectivity index (χ0n) is 10.2. The summed E-state index contributed by atoms with van der Waals surface area (Å²) in [5, 5.41) is 2.93. The predicted octanol–water partition coefficient (Wildman–Crippen LogP) is 4.04. The van der Waals surface area contributed by atoms with Crippen LogP contribution in [0.5, 0.6) is 0 Å². The molecule has 1 aliphatic heterocycles. The van der Waals surface area contributed by atoms with Gasteiger partial charge < -0.3 is 5.32 Å². The number of alkyl halides is 3. The van der Waals surface area contributed by atoms with E-state index >= 15 is 0 Å². The number of anilines is 1. The molecule has 1 N–H and O–H groups in total. The van der Waals surface area contributed by atoms with E-state index in [2.05, 4.69) is 5.32 Å². The van der Waals surface area contributed by atoms with Gasteiger partial charge in [0.2, 0.25) is 0 Å². The highest BCUT2D eigenvalue weighted by atomic mass is 19.4. The summed E-state index contributed by atoms with van der Waals surface area (Å²) in [4.78, 5) is 0. The Hall–Kier alpha value is -1.19. The largest absolute Gasteiger partial charge is 0.418 e. The van der Waals surface area contributed by atoms with Crippen molar-refractivity contribution in [2.45, 2.75) is 32.4 Å². The quantitative estimate of drug-likeness (QED) is 0.784. The van der Waals surface area contributed by atoms with Crippen molar-refractivity contribution < 1.29 is 13.2 Å². The SMILES string of the molecule is CC(C)C1(C)CNc2c(C(F)(F)F)cccc21. The second kappa shape index (κ2) is 3.65. The number of para-hydroxylation sites is 1. The molecule has 0 bridgehead atoms. The average molecular weight is 243 g/mol. The van der Waals surface area contributed by atoms with Crippen molar-refractivity contribution >= 4 is 5.69 Å². The van der Waals surface area contributed by atoms with Gasteiger partial charge in [-0.25, -0.2) is 0 Å². The van der Waals surface area contributed by atoms with E-state index in [9.17, 15) is 13.2 Å². The molecule has 0 radical (unpaired) electrons. The van der Waals surface area contributed by atoms with Crippen LogP contribution in [0.25, 0.3) is 0 Å². The van der Waals surface area contributed by atoms with Crippen LogP contribution >= 0.6 is 0 Å². The van der Waals surface area contributed by atoms with Crippen LogP contribution < -0.4 is 5.32 Å². The molecule has 0 saturated carbocycles. The normalized spacial score (nSPS) is 23.7. The first-order valence-corrected chi connectivity index (χ1v) is 5.71. The molecule has 0 spiro atoms. The van der Waals surface area contributed by atoms with Crippen molar-refractivity contribution in [2.24, 2.45) is 5.92 Å². The molecule has 1 nitrogen and oxygen atoms in total. The maximum atomic E-state index is 12.9. The van der Waals surface area contributed by atoms with Gasteiger partial charge in [-0.05, 0) is 17.5 Å². The lowest BCUT2D eigenvalue weighted by Crippen LogP contribution is -2.30. The summed E-state index contributed by atoms with van der Waals surface area (Å²) < 4.78 is 38.6. The Bertz CT molecular complexity index is 437. The third kappa shape index (κ3) is 1.79. The molecule has 0 fully saturated rings. The summed E-state index contributed by atoms with van der Waals surface area (Å²) in [5.41, 5.74) is 0.259. The summed E-state index contributed by atoms with van der Waals surface area (Å²) in [5.74, 6) is 0.291. The Labute approximate surface area is 99.0 Å². The molecule has 0 saturated heterocycles. The summed E-state index contributed by atoms with van der Waals surface area (Å²) >= 11 is 0. The molecule has 17 heavy (non-hydrogen) atoms. The number of nitrogens with one attached hydrogen (secondary N) is 1. The number of rotatable bonds is 1.